The number of halogens is 2. The van der Waals surface area contributed by atoms with E-state index in [-0.39, 0.29) is 17.2 Å². The van der Waals surface area contributed by atoms with Gasteiger partial charge in [-0.25, -0.2) is 8.78 Å². The molecule has 3 nitrogen and oxygen atoms in total. The number of ketones is 1. The van der Waals surface area contributed by atoms with Crippen LogP contribution in [-0.4, -0.2) is 15.3 Å². The van der Waals surface area contributed by atoms with Gasteiger partial charge < -0.3 is 4.57 Å². The van der Waals surface area contributed by atoms with Crippen molar-refractivity contribution in [3.63, 3.8) is 0 Å². The zero-order valence-corrected chi connectivity index (χ0v) is 11.5. The van der Waals surface area contributed by atoms with E-state index < -0.39 is 5.82 Å². The van der Waals surface area contributed by atoms with E-state index >= 15 is 0 Å². The smallest absolute Gasteiger partial charge is 0.196 e. The predicted molar refractivity (Wildman–Crippen MR) is 77.6 cm³/mol. The van der Waals surface area contributed by atoms with Gasteiger partial charge in [0.25, 0.3) is 0 Å². The van der Waals surface area contributed by atoms with E-state index in [9.17, 15) is 13.6 Å². The minimum atomic E-state index is -0.559. The Balaban J connectivity index is 1.82. The Kier molecular flexibility index (Phi) is 3.78. The van der Waals surface area contributed by atoms with E-state index in [0.717, 1.165) is 12.3 Å². The summed E-state index contributed by atoms with van der Waals surface area (Å²) in [4.78, 5) is 15.9. The molecule has 0 N–H and O–H groups in total. The fourth-order valence-electron chi connectivity index (χ4n) is 2.20. The van der Waals surface area contributed by atoms with Gasteiger partial charge in [-0.2, -0.15) is 0 Å². The lowest BCUT2D eigenvalue weighted by Gasteiger charge is -2.04. The summed E-state index contributed by atoms with van der Waals surface area (Å²) >= 11 is 0. The van der Waals surface area contributed by atoms with Gasteiger partial charge in [0.1, 0.15) is 11.6 Å². The van der Waals surface area contributed by atoms with Crippen molar-refractivity contribution < 1.29 is 13.6 Å². The Labute approximate surface area is 125 Å². The molecule has 0 spiro atoms. The van der Waals surface area contributed by atoms with Gasteiger partial charge in [0.2, 0.25) is 0 Å². The summed E-state index contributed by atoms with van der Waals surface area (Å²) < 4.78 is 28.4. The van der Waals surface area contributed by atoms with Crippen LogP contribution < -0.4 is 0 Å². The van der Waals surface area contributed by atoms with E-state index in [2.05, 4.69) is 4.98 Å². The van der Waals surface area contributed by atoms with Crippen LogP contribution in [0.4, 0.5) is 8.78 Å². The molecule has 110 valence electrons. The molecule has 3 aromatic rings. The number of nitrogens with zero attached hydrogens (tertiary/aromatic N) is 2. The highest BCUT2D eigenvalue weighted by Gasteiger charge is 2.12. The van der Waals surface area contributed by atoms with Gasteiger partial charge in [0.15, 0.2) is 5.78 Å². The van der Waals surface area contributed by atoms with Gasteiger partial charge in [-0.15, -0.1) is 0 Å². The summed E-state index contributed by atoms with van der Waals surface area (Å²) in [5.74, 6) is -1.17. The van der Waals surface area contributed by atoms with Gasteiger partial charge in [0.05, 0.1) is 6.20 Å². The number of hydrogen-bond acceptors (Lipinski definition) is 2. The van der Waals surface area contributed by atoms with Gasteiger partial charge in [-0.1, -0.05) is 18.2 Å². The third-order valence-electron chi connectivity index (χ3n) is 3.29. The van der Waals surface area contributed by atoms with Crippen LogP contribution in [0.25, 0.3) is 0 Å². The number of carbonyl (C=O) groups is 1. The molecule has 0 aliphatic rings. The van der Waals surface area contributed by atoms with Crippen LogP contribution in [0.1, 0.15) is 21.5 Å². The molecule has 0 radical (unpaired) electrons. The van der Waals surface area contributed by atoms with Crippen LogP contribution in [0.2, 0.25) is 0 Å². The van der Waals surface area contributed by atoms with Crippen LogP contribution in [0.5, 0.6) is 0 Å². The average molecular weight is 298 g/mol. The second-order valence-corrected chi connectivity index (χ2v) is 4.88. The fourth-order valence-corrected chi connectivity index (χ4v) is 2.20. The van der Waals surface area contributed by atoms with E-state index in [1.807, 2.05) is 0 Å². The van der Waals surface area contributed by atoms with Crippen molar-refractivity contribution in [1.82, 2.24) is 9.55 Å². The molecule has 22 heavy (non-hydrogen) atoms. The first kappa shape index (κ1) is 14.1. The summed E-state index contributed by atoms with van der Waals surface area (Å²) in [6.07, 6.45) is 5.66. The van der Waals surface area contributed by atoms with E-state index in [0.29, 0.717) is 17.7 Å². The van der Waals surface area contributed by atoms with Crippen molar-refractivity contribution in [1.29, 1.82) is 0 Å². The molecular weight excluding hydrogens is 286 g/mol. The lowest BCUT2D eigenvalue weighted by atomic mass is 10.1. The third kappa shape index (κ3) is 2.93. The first-order valence-electron chi connectivity index (χ1n) is 6.68. The topological polar surface area (TPSA) is 34.9 Å². The van der Waals surface area contributed by atoms with Gasteiger partial charge in [-0.3, -0.25) is 9.78 Å². The fraction of sp³-hybridized carbons (Fsp3) is 0.0588. The maximum atomic E-state index is 13.6. The molecule has 0 aliphatic heterocycles. The Bertz CT molecular complexity index is 827. The summed E-state index contributed by atoms with van der Waals surface area (Å²) in [5.41, 5.74) is 1.12. The molecule has 0 saturated heterocycles. The molecule has 0 unspecified atom stereocenters. The van der Waals surface area contributed by atoms with Crippen LogP contribution in [-0.2, 0) is 6.54 Å². The Morgan fingerprint density at radius 1 is 1.09 bits per heavy atom. The number of hydrogen-bond donors (Lipinski definition) is 0. The summed E-state index contributed by atoms with van der Waals surface area (Å²) in [7, 11) is 0. The van der Waals surface area contributed by atoms with Crippen molar-refractivity contribution in [3.8, 4) is 0 Å². The predicted octanol–water partition coefficient (Wildman–Crippen LogP) is 3.44. The highest BCUT2D eigenvalue weighted by Crippen LogP contribution is 2.13. The number of benzene rings is 1. The molecule has 2 aromatic heterocycles. The molecule has 2 heterocycles. The quantitative estimate of drug-likeness (QED) is 0.692. The highest BCUT2D eigenvalue weighted by atomic mass is 19.1. The maximum absolute atomic E-state index is 13.6. The second kappa shape index (κ2) is 5.89. The molecule has 3 rings (SSSR count). The Hall–Kier alpha value is -2.82. The lowest BCUT2D eigenvalue weighted by Crippen LogP contribution is -2.03. The molecule has 0 amide bonds. The minimum absolute atomic E-state index is 0.184. The van der Waals surface area contributed by atoms with Gasteiger partial charge in [-0.05, 0) is 18.2 Å². The molecule has 0 atom stereocenters. The van der Waals surface area contributed by atoms with E-state index in [1.54, 1.807) is 41.2 Å². The molecular formula is C17H12F2N2O. The largest absolute Gasteiger partial charge is 0.349 e. The SMILES string of the molecule is O=C(c1cncc(F)c1)c1ccn(Cc2ccccc2F)c1. The number of aromatic nitrogens is 2. The number of pyridine rings is 1. The van der Waals surface area contributed by atoms with Crippen LogP contribution in [0.3, 0.4) is 0 Å². The van der Waals surface area contributed by atoms with E-state index in [4.69, 9.17) is 0 Å². The van der Waals surface area contributed by atoms with Crippen molar-refractivity contribution in [2.45, 2.75) is 6.54 Å². The zero-order chi connectivity index (χ0) is 15.5. The first-order valence-corrected chi connectivity index (χ1v) is 6.68. The molecule has 0 saturated carbocycles. The highest BCUT2D eigenvalue weighted by molar-refractivity contribution is 6.08. The Morgan fingerprint density at radius 3 is 2.68 bits per heavy atom. The van der Waals surface area contributed by atoms with Crippen LogP contribution in [0.15, 0.2) is 61.2 Å². The average Bonchev–Trinajstić information content (AvgIpc) is 2.97. The number of carbonyl (C=O) groups excluding carboxylic acids is 1. The van der Waals surface area contributed by atoms with Crippen molar-refractivity contribution >= 4 is 5.78 Å². The molecule has 5 heteroatoms. The molecule has 0 fully saturated rings. The Morgan fingerprint density at radius 2 is 1.91 bits per heavy atom. The minimum Gasteiger partial charge on any atom is -0.349 e. The molecule has 0 bridgehead atoms. The standard InChI is InChI=1S/C17H12F2N2O/c18-15-7-14(8-20-9-15)17(22)13-5-6-21(11-13)10-12-3-1-2-4-16(12)19/h1-9,11H,10H2. The first-order chi connectivity index (χ1) is 10.6. The van der Waals surface area contributed by atoms with Crippen LogP contribution >= 0.6 is 0 Å². The lowest BCUT2D eigenvalue weighted by molar-refractivity contribution is 0.103. The maximum Gasteiger partial charge on any atom is 0.196 e. The van der Waals surface area contributed by atoms with Gasteiger partial charge in [0, 0.05) is 41.8 Å². The van der Waals surface area contributed by atoms with E-state index in [1.165, 1.54) is 12.3 Å². The van der Waals surface area contributed by atoms with Crippen molar-refractivity contribution in [2.75, 3.05) is 0 Å². The molecule has 0 aliphatic carbocycles. The normalized spacial score (nSPS) is 10.6. The van der Waals surface area contributed by atoms with Gasteiger partial charge >= 0.3 is 0 Å². The summed E-state index contributed by atoms with van der Waals surface area (Å²) in [6, 6.07) is 9.22. The van der Waals surface area contributed by atoms with Crippen molar-refractivity contribution in [3.05, 3.63) is 89.5 Å². The number of rotatable bonds is 4. The third-order valence-corrected chi connectivity index (χ3v) is 3.29. The monoisotopic (exact) mass is 298 g/mol. The van der Waals surface area contributed by atoms with Crippen molar-refractivity contribution in [2.24, 2.45) is 0 Å². The summed E-state index contributed by atoms with van der Waals surface area (Å²) in [6.45, 7) is 0.321. The molecule has 1 aromatic carbocycles. The zero-order valence-electron chi connectivity index (χ0n) is 11.5. The van der Waals surface area contributed by atoms with Crippen LogP contribution in [0, 0.1) is 11.6 Å². The second-order valence-electron chi connectivity index (χ2n) is 4.88. The summed E-state index contributed by atoms with van der Waals surface area (Å²) in [5, 5.41) is 0.